The smallest absolute Gasteiger partial charge is 0.280 e. The Balaban J connectivity index is 1.52. The highest BCUT2D eigenvalue weighted by Crippen LogP contribution is 2.21. The van der Waals surface area contributed by atoms with Gasteiger partial charge < -0.3 is 4.90 Å². The van der Waals surface area contributed by atoms with Crippen molar-refractivity contribution in [1.29, 1.82) is 5.26 Å². The second kappa shape index (κ2) is 9.43. The summed E-state index contributed by atoms with van der Waals surface area (Å²) in [5, 5.41) is 12.0. The molecule has 1 atom stereocenters. The van der Waals surface area contributed by atoms with Crippen molar-refractivity contribution < 1.29 is 4.79 Å². The summed E-state index contributed by atoms with van der Waals surface area (Å²) < 4.78 is 1.35. The number of nitrogens with zero attached hydrogens (tertiary/aromatic N) is 5. The van der Waals surface area contributed by atoms with E-state index in [1.807, 2.05) is 11.8 Å². The van der Waals surface area contributed by atoms with Gasteiger partial charge in [0.25, 0.3) is 11.5 Å². The van der Waals surface area contributed by atoms with Gasteiger partial charge in [-0.25, -0.2) is 9.67 Å². The van der Waals surface area contributed by atoms with Gasteiger partial charge in [-0.2, -0.15) is 5.26 Å². The molecule has 1 fully saturated rings. The van der Waals surface area contributed by atoms with Gasteiger partial charge in [-0.05, 0) is 62.2 Å². The van der Waals surface area contributed by atoms with E-state index in [1.54, 1.807) is 36.5 Å². The maximum Gasteiger partial charge on any atom is 0.280 e. The molecular formula is C25H28N6O2. The second-order valence-electron chi connectivity index (χ2n) is 8.51. The topological polar surface area (TPSA) is 98.0 Å². The Kier molecular flexibility index (Phi) is 6.43. The summed E-state index contributed by atoms with van der Waals surface area (Å²) >= 11 is 0. The van der Waals surface area contributed by atoms with Crippen LogP contribution < -0.4 is 5.56 Å². The van der Waals surface area contributed by atoms with Gasteiger partial charge in [0, 0.05) is 38.1 Å². The number of aromatic amines is 1. The highest BCUT2D eigenvalue weighted by molar-refractivity contribution is 5.94. The summed E-state index contributed by atoms with van der Waals surface area (Å²) in [5.74, 6) is 0.375. The monoisotopic (exact) mass is 444 g/mol. The Morgan fingerprint density at radius 3 is 2.70 bits per heavy atom. The fraction of sp³-hybridized carbons (Fsp3) is 0.360. The van der Waals surface area contributed by atoms with Crippen molar-refractivity contribution in [3.05, 3.63) is 69.8 Å². The molecule has 0 radical (unpaired) electrons. The number of rotatable bonds is 5. The molecule has 1 aromatic carbocycles. The molecule has 3 aromatic rings. The third-order valence-electron chi connectivity index (χ3n) is 6.20. The van der Waals surface area contributed by atoms with E-state index >= 15 is 0 Å². The highest BCUT2D eigenvalue weighted by Gasteiger charge is 2.27. The number of nitrogens with one attached hydrogen (secondary N) is 1. The molecule has 1 saturated heterocycles. The van der Waals surface area contributed by atoms with Crippen LogP contribution in [0.5, 0.6) is 0 Å². The van der Waals surface area contributed by atoms with Crippen LogP contribution in [0, 0.1) is 18.3 Å². The molecule has 0 saturated carbocycles. The largest absolute Gasteiger partial charge is 0.336 e. The lowest BCUT2D eigenvalue weighted by Gasteiger charge is -2.39. The van der Waals surface area contributed by atoms with Crippen molar-refractivity contribution in [3.8, 4) is 23.0 Å². The minimum absolute atomic E-state index is 0.0372. The number of pyridine rings is 1. The minimum Gasteiger partial charge on any atom is -0.336 e. The van der Waals surface area contributed by atoms with Gasteiger partial charge >= 0.3 is 0 Å². The molecule has 2 aromatic heterocycles. The van der Waals surface area contributed by atoms with Crippen molar-refractivity contribution in [2.24, 2.45) is 0 Å². The number of H-pyrrole nitrogens is 1. The Morgan fingerprint density at radius 1 is 1.24 bits per heavy atom. The fourth-order valence-corrected chi connectivity index (χ4v) is 4.39. The van der Waals surface area contributed by atoms with Crippen LogP contribution in [0.25, 0.3) is 16.9 Å². The Morgan fingerprint density at radius 2 is 2.06 bits per heavy atom. The fourth-order valence-electron chi connectivity index (χ4n) is 4.39. The number of hydrogen-bond acceptors (Lipinski definition) is 5. The van der Waals surface area contributed by atoms with E-state index in [0.717, 1.165) is 30.6 Å². The van der Waals surface area contributed by atoms with Crippen LogP contribution in [0.2, 0.25) is 0 Å². The number of piperazine rings is 1. The third kappa shape index (κ3) is 4.45. The second-order valence-corrected chi connectivity index (χ2v) is 8.51. The lowest BCUT2D eigenvalue weighted by atomic mass is 10.0. The molecular weight excluding hydrogens is 416 g/mol. The Hall–Kier alpha value is -3.70. The summed E-state index contributed by atoms with van der Waals surface area (Å²) in [5.41, 5.74) is 2.93. The van der Waals surface area contributed by atoms with E-state index in [-0.39, 0.29) is 11.5 Å². The molecule has 0 aliphatic carbocycles. The van der Waals surface area contributed by atoms with Crippen molar-refractivity contribution >= 4 is 5.91 Å². The average Bonchev–Trinajstić information content (AvgIpc) is 3.21. The molecule has 1 aliphatic heterocycles. The maximum absolute atomic E-state index is 13.0. The zero-order valence-corrected chi connectivity index (χ0v) is 19.2. The number of amides is 1. The van der Waals surface area contributed by atoms with Crippen LogP contribution in [-0.2, 0) is 0 Å². The summed E-state index contributed by atoms with van der Waals surface area (Å²) in [6.45, 7) is 9.52. The molecule has 0 bridgehead atoms. The standard InChI is InChI=1S/C25H28N6O2/c1-4-9-29-10-11-30(16-18(29)3)24(32)20-6-8-23(27-14-20)31-25(33)22(15-28-31)21-7-5-19(13-26)12-17(21)2/h5-8,12,14-15,18,28H,4,9-11,16H2,1-3H3. The molecule has 8 heteroatoms. The summed E-state index contributed by atoms with van der Waals surface area (Å²) in [4.78, 5) is 34.6. The highest BCUT2D eigenvalue weighted by atomic mass is 16.2. The zero-order valence-electron chi connectivity index (χ0n) is 19.2. The number of aromatic nitrogens is 3. The number of benzene rings is 1. The molecule has 4 rings (SSSR count). The van der Waals surface area contributed by atoms with Crippen molar-refractivity contribution in [2.45, 2.75) is 33.2 Å². The van der Waals surface area contributed by atoms with E-state index in [2.05, 4.69) is 34.9 Å². The predicted octanol–water partition coefficient (Wildman–Crippen LogP) is 2.96. The quantitative estimate of drug-likeness (QED) is 0.652. The molecule has 1 unspecified atom stereocenters. The number of hydrogen-bond donors (Lipinski definition) is 1. The molecule has 33 heavy (non-hydrogen) atoms. The van der Waals surface area contributed by atoms with Crippen molar-refractivity contribution in [2.75, 3.05) is 26.2 Å². The van der Waals surface area contributed by atoms with Gasteiger partial charge in [0.1, 0.15) is 0 Å². The van der Waals surface area contributed by atoms with E-state index in [0.29, 0.717) is 41.6 Å². The lowest BCUT2D eigenvalue weighted by molar-refractivity contribution is 0.0515. The Labute approximate surface area is 193 Å². The third-order valence-corrected chi connectivity index (χ3v) is 6.20. The summed E-state index contributed by atoms with van der Waals surface area (Å²) in [6, 6.07) is 11.1. The van der Waals surface area contributed by atoms with Crippen LogP contribution >= 0.6 is 0 Å². The number of aryl methyl sites for hydroxylation is 1. The summed E-state index contributed by atoms with van der Waals surface area (Å²) in [6.07, 6.45) is 4.27. The van der Waals surface area contributed by atoms with E-state index < -0.39 is 0 Å². The minimum atomic E-state index is -0.241. The van der Waals surface area contributed by atoms with Crippen LogP contribution in [0.1, 0.15) is 41.8 Å². The average molecular weight is 445 g/mol. The number of nitriles is 1. The Bertz CT molecular complexity index is 1250. The van der Waals surface area contributed by atoms with Gasteiger partial charge in [0.05, 0.1) is 22.8 Å². The van der Waals surface area contributed by atoms with Crippen LogP contribution in [-0.4, -0.2) is 62.7 Å². The van der Waals surface area contributed by atoms with Crippen molar-refractivity contribution in [3.63, 3.8) is 0 Å². The molecule has 0 spiro atoms. The molecule has 3 heterocycles. The van der Waals surface area contributed by atoms with Gasteiger partial charge in [0.2, 0.25) is 0 Å². The van der Waals surface area contributed by atoms with Gasteiger partial charge in [-0.1, -0.05) is 13.0 Å². The van der Waals surface area contributed by atoms with E-state index in [9.17, 15) is 9.59 Å². The molecule has 1 aliphatic rings. The first-order valence-corrected chi connectivity index (χ1v) is 11.2. The first-order valence-electron chi connectivity index (χ1n) is 11.2. The first kappa shape index (κ1) is 22.5. The van der Waals surface area contributed by atoms with Crippen LogP contribution in [0.4, 0.5) is 0 Å². The van der Waals surface area contributed by atoms with Crippen molar-refractivity contribution in [1.82, 2.24) is 24.6 Å². The summed E-state index contributed by atoms with van der Waals surface area (Å²) in [7, 11) is 0. The number of carbonyl (C=O) groups is 1. The maximum atomic E-state index is 13.0. The van der Waals surface area contributed by atoms with Crippen LogP contribution in [0.15, 0.2) is 47.5 Å². The normalized spacial score (nSPS) is 16.5. The lowest BCUT2D eigenvalue weighted by Crippen LogP contribution is -2.53. The zero-order chi connectivity index (χ0) is 23.5. The molecule has 1 N–H and O–H groups in total. The van der Waals surface area contributed by atoms with Gasteiger partial charge in [-0.15, -0.1) is 0 Å². The molecule has 170 valence electrons. The van der Waals surface area contributed by atoms with Gasteiger partial charge in [-0.3, -0.25) is 19.6 Å². The predicted molar refractivity (Wildman–Crippen MR) is 126 cm³/mol. The van der Waals surface area contributed by atoms with Crippen LogP contribution in [0.3, 0.4) is 0 Å². The number of carbonyl (C=O) groups excluding carboxylic acids is 1. The van der Waals surface area contributed by atoms with Gasteiger partial charge in [0.15, 0.2) is 5.82 Å². The first-order chi connectivity index (χ1) is 15.9. The van der Waals surface area contributed by atoms with E-state index in [1.165, 1.54) is 10.9 Å². The SMILES string of the molecule is CCCN1CCN(C(=O)c2ccc(-n3[nH]cc(-c4ccc(C#N)cc4C)c3=O)nc2)CC1C. The molecule has 8 nitrogen and oxygen atoms in total. The van der Waals surface area contributed by atoms with E-state index in [4.69, 9.17) is 5.26 Å². The molecule has 1 amide bonds.